The number of carbonyl (C=O) groups excluding carboxylic acids is 1. The van der Waals surface area contributed by atoms with Gasteiger partial charge in [0.05, 0.1) is 11.3 Å². The molecule has 2 aromatic rings. The number of rotatable bonds is 4. The van der Waals surface area contributed by atoms with Crippen molar-refractivity contribution >= 4 is 28.7 Å². The number of aromatic amines is 1. The molecule has 2 aromatic heterocycles. The summed E-state index contributed by atoms with van der Waals surface area (Å²) in [6.07, 6.45) is 6.67. The van der Waals surface area contributed by atoms with Gasteiger partial charge in [-0.25, -0.2) is 0 Å². The van der Waals surface area contributed by atoms with Crippen LogP contribution in [0, 0.1) is 12.8 Å². The summed E-state index contributed by atoms with van der Waals surface area (Å²) in [4.78, 5) is 30.3. The molecule has 7 nitrogen and oxygen atoms in total. The molecule has 0 aromatic carbocycles. The van der Waals surface area contributed by atoms with Crippen molar-refractivity contribution < 1.29 is 4.79 Å². The van der Waals surface area contributed by atoms with E-state index in [1.807, 2.05) is 0 Å². The molecule has 0 bridgehead atoms. The summed E-state index contributed by atoms with van der Waals surface area (Å²) in [5.74, 6) is 2.08. The molecule has 2 aliphatic heterocycles. The molecule has 3 fully saturated rings. The van der Waals surface area contributed by atoms with Crippen LogP contribution in [0.4, 0.5) is 11.8 Å². The Morgan fingerprint density at radius 3 is 2.67 bits per heavy atom. The third-order valence-corrected chi connectivity index (χ3v) is 5.99. The summed E-state index contributed by atoms with van der Waals surface area (Å²) in [6, 6.07) is 2.56. The first kappa shape index (κ1) is 16.8. The van der Waals surface area contributed by atoms with Crippen molar-refractivity contribution in [2.24, 2.45) is 5.92 Å². The van der Waals surface area contributed by atoms with Gasteiger partial charge in [-0.05, 0) is 51.5 Å². The highest BCUT2D eigenvalue weighted by Crippen LogP contribution is 2.31. The van der Waals surface area contributed by atoms with E-state index in [1.165, 1.54) is 12.8 Å². The first-order valence-corrected chi connectivity index (χ1v) is 10.3. The van der Waals surface area contributed by atoms with E-state index in [4.69, 9.17) is 9.97 Å². The second-order valence-corrected chi connectivity index (χ2v) is 8.32. The highest BCUT2D eigenvalue weighted by atomic mass is 16.2. The molecule has 2 N–H and O–H groups in total. The van der Waals surface area contributed by atoms with E-state index >= 15 is 0 Å². The van der Waals surface area contributed by atoms with E-state index in [9.17, 15) is 4.79 Å². The SMILES string of the molecule is Cc1cc2c(N3CCCC(C(=O)NC4CC4)C3)nc(N3CCCC3)nc2[nH]1. The van der Waals surface area contributed by atoms with Crippen molar-refractivity contribution in [3.05, 3.63) is 11.8 Å². The van der Waals surface area contributed by atoms with E-state index < -0.39 is 0 Å². The van der Waals surface area contributed by atoms with Crippen molar-refractivity contribution in [1.29, 1.82) is 0 Å². The molecule has 1 amide bonds. The van der Waals surface area contributed by atoms with Crippen LogP contribution in [0.1, 0.15) is 44.2 Å². The Labute approximate surface area is 159 Å². The lowest BCUT2D eigenvalue weighted by atomic mass is 9.97. The zero-order valence-electron chi connectivity index (χ0n) is 16.0. The standard InChI is InChI=1S/C20H28N6O/c1-13-11-16-17(21-13)23-20(25-8-2-3-9-25)24-18(16)26-10-4-5-14(12-26)19(27)22-15-6-7-15/h11,14-15H,2-10,12H2,1H3,(H,22,27)(H,21,23,24). The number of carbonyl (C=O) groups is 1. The Morgan fingerprint density at radius 1 is 1.11 bits per heavy atom. The van der Waals surface area contributed by atoms with Crippen LogP contribution in [0.3, 0.4) is 0 Å². The molecular weight excluding hydrogens is 340 g/mol. The van der Waals surface area contributed by atoms with Gasteiger partial charge in [0, 0.05) is 37.9 Å². The van der Waals surface area contributed by atoms with Crippen LogP contribution in [0.5, 0.6) is 0 Å². The van der Waals surface area contributed by atoms with Crippen molar-refractivity contribution in [3.63, 3.8) is 0 Å². The fraction of sp³-hybridized carbons (Fsp3) is 0.650. The summed E-state index contributed by atoms with van der Waals surface area (Å²) in [5.41, 5.74) is 2.00. The van der Waals surface area contributed by atoms with Crippen LogP contribution in [-0.2, 0) is 4.79 Å². The third-order valence-electron chi connectivity index (χ3n) is 5.99. The van der Waals surface area contributed by atoms with Crippen LogP contribution >= 0.6 is 0 Å². The molecule has 4 heterocycles. The Hall–Kier alpha value is -2.31. The quantitative estimate of drug-likeness (QED) is 0.866. The number of H-pyrrole nitrogens is 1. The average Bonchev–Trinajstić information content (AvgIpc) is 3.17. The molecule has 1 saturated carbocycles. The number of aryl methyl sites for hydroxylation is 1. The summed E-state index contributed by atoms with van der Waals surface area (Å²) in [5, 5.41) is 4.25. The minimum atomic E-state index is 0.0552. The van der Waals surface area contributed by atoms with E-state index in [1.54, 1.807) is 0 Å². The number of nitrogens with one attached hydrogen (secondary N) is 2. The second kappa shape index (κ2) is 6.69. The van der Waals surface area contributed by atoms with Crippen molar-refractivity contribution in [2.45, 2.75) is 51.5 Å². The maximum absolute atomic E-state index is 12.6. The highest BCUT2D eigenvalue weighted by molar-refractivity contribution is 5.90. The van der Waals surface area contributed by atoms with Crippen LogP contribution in [0.15, 0.2) is 6.07 Å². The molecule has 7 heteroatoms. The molecule has 1 atom stereocenters. The lowest BCUT2D eigenvalue weighted by Crippen LogP contribution is -2.44. The van der Waals surface area contributed by atoms with Gasteiger partial charge in [0.25, 0.3) is 0 Å². The Kier molecular flexibility index (Phi) is 4.17. The average molecular weight is 368 g/mol. The lowest BCUT2D eigenvalue weighted by molar-refractivity contribution is -0.125. The number of anilines is 2. The van der Waals surface area contributed by atoms with E-state index in [-0.39, 0.29) is 11.8 Å². The Bertz CT molecular complexity index is 852. The smallest absolute Gasteiger partial charge is 0.229 e. The number of aromatic nitrogens is 3. The first-order chi connectivity index (χ1) is 13.2. The van der Waals surface area contributed by atoms with Crippen LogP contribution < -0.4 is 15.1 Å². The Balaban J connectivity index is 1.45. The minimum absolute atomic E-state index is 0.0552. The van der Waals surface area contributed by atoms with E-state index in [2.05, 4.69) is 33.1 Å². The molecule has 2 saturated heterocycles. The molecular formula is C20H28N6O. The van der Waals surface area contributed by atoms with Crippen LogP contribution in [-0.4, -0.2) is 53.1 Å². The van der Waals surface area contributed by atoms with Crippen LogP contribution in [0.25, 0.3) is 11.0 Å². The summed E-state index contributed by atoms with van der Waals surface area (Å²) < 4.78 is 0. The largest absolute Gasteiger partial charge is 0.355 e. The molecule has 27 heavy (non-hydrogen) atoms. The number of fused-ring (bicyclic) bond motifs is 1. The fourth-order valence-corrected chi connectivity index (χ4v) is 4.34. The number of amides is 1. The molecule has 0 spiro atoms. The normalized spacial score (nSPS) is 23.2. The third kappa shape index (κ3) is 3.35. The maximum atomic E-state index is 12.6. The van der Waals surface area contributed by atoms with E-state index in [0.717, 1.165) is 80.4 Å². The van der Waals surface area contributed by atoms with Gasteiger partial charge in [0.15, 0.2) is 0 Å². The molecule has 5 rings (SSSR count). The van der Waals surface area contributed by atoms with Crippen molar-refractivity contribution in [2.75, 3.05) is 36.0 Å². The predicted molar refractivity (Wildman–Crippen MR) is 106 cm³/mol. The summed E-state index contributed by atoms with van der Waals surface area (Å²) in [7, 11) is 0. The molecule has 0 radical (unpaired) electrons. The lowest BCUT2D eigenvalue weighted by Gasteiger charge is -2.33. The summed E-state index contributed by atoms with van der Waals surface area (Å²) >= 11 is 0. The van der Waals surface area contributed by atoms with Gasteiger partial charge in [0.2, 0.25) is 11.9 Å². The van der Waals surface area contributed by atoms with Crippen molar-refractivity contribution in [3.8, 4) is 0 Å². The first-order valence-electron chi connectivity index (χ1n) is 10.3. The van der Waals surface area contributed by atoms with Gasteiger partial charge < -0.3 is 20.1 Å². The molecule has 1 aliphatic carbocycles. The van der Waals surface area contributed by atoms with Crippen molar-refractivity contribution in [1.82, 2.24) is 20.3 Å². The molecule has 1 unspecified atom stereocenters. The van der Waals surface area contributed by atoms with Gasteiger partial charge in [0.1, 0.15) is 11.5 Å². The summed E-state index contributed by atoms with van der Waals surface area (Å²) in [6.45, 7) is 5.80. The number of hydrogen-bond acceptors (Lipinski definition) is 5. The minimum Gasteiger partial charge on any atom is -0.355 e. The van der Waals surface area contributed by atoms with Gasteiger partial charge in [-0.1, -0.05) is 0 Å². The fourth-order valence-electron chi connectivity index (χ4n) is 4.34. The highest BCUT2D eigenvalue weighted by Gasteiger charge is 2.32. The predicted octanol–water partition coefficient (Wildman–Crippen LogP) is 2.36. The van der Waals surface area contributed by atoms with Gasteiger partial charge in [-0.3, -0.25) is 4.79 Å². The monoisotopic (exact) mass is 368 g/mol. The van der Waals surface area contributed by atoms with Gasteiger partial charge in [-0.15, -0.1) is 0 Å². The molecule has 144 valence electrons. The second-order valence-electron chi connectivity index (χ2n) is 8.32. The van der Waals surface area contributed by atoms with Gasteiger partial charge >= 0.3 is 0 Å². The molecule has 3 aliphatic rings. The number of nitrogens with zero attached hydrogens (tertiary/aromatic N) is 4. The van der Waals surface area contributed by atoms with Crippen LogP contribution in [0.2, 0.25) is 0 Å². The topological polar surface area (TPSA) is 77.2 Å². The number of hydrogen-bond donors (Lipinski definition) is 2. The number of piperidine rings is 1. The van der Waals surface area contributed by atoms with E-state index in [0.29, 0.717) is 6.04 Å². The van der Waals surface area contributed by atoms with Gasteiger partial charge in [-0.2, -0.15) is 9.97 Å². The Morgan fingerprint density at radius 2 is 1.89 bits per heavy atom. The zero-order valence-corrected chi connectivity index (χ0v) is 16.0. The maximum Gasteiger partial charge on any atom is 0.229 e. The zero-order chi connectivity index (χ0) is 18.4.